The monoisotopic (exact) mass is 495 g/mol. The number of aryl methyl sites for hydroxylation is 1. The number of benzene rings is 2. The van der Waals surface area contributed by atoms with Crippen LogP contribution in [0.25, 0.3) is 0 Å². The summed E-state index contributed by atoms with van der Waals surface area (Å²) in [6.07, 6.45) is 0. The summed E-state index contributed by atoms with van der Waals surface area (Å²) in [5, 5.41) is 5.41. The molecule has 0 aliphatic rings. The van der Waals surface area contributed by atoms with Crippen LogP contribution in [0, 0.1) is 6.92 Å². The van der Waals surface area contributed by atoms with E-state index >= 15 is 0 Å². The number of halogens is 1. The van der Waals surface area contributed by atoms with Crippen LogP contribution in [0.4, 0.5) is 5.69 Å². The van der Waals surface area contributed by atoms with Crippen LogP contribution < -0.4 is 10.6 Å². The smallest absolute Gasteiger partial charge is 0.325 e. The summed E-state index contributed by atoms with van der Waals surface area (Å²) in [5.41, 5.74) is 1.50. The van der Waals surface area contributed by atoms with Gasteiger partial charge >= 0.3 is 5.97 Å². The van der Waals surface area contributed by atoms with Crippen LogP contribution in [0.1, 0.15) is 29.8 Å². The van der Waals surface area contributed by atoms with E-state index in [1.165, 1.54) is 28.6 Å². The molecule has 0 atom stereocenters. The van der Waals surface area contributed by atoms with Gasteiger partial charge in [0, 0.05) is 29.4 Å². The average molecular weight is 496 g/mol. The number of anilines is 1. The molecule has 2 aromatic rings. The van der Waals surface area contributed by atoms with Gasteiger partial charge in [0.25, 0.3) is 11.8 Å². The van der Waals surface area contributed by atoms with E-state index in [1.54, 1.807) is 32.0 Å². The highest BCUT2D eigenvalue weighted by Crippen LogP contribution is 2.20. The van der Waals surface area contributed by atoms with Crippen molar-refractivity contribution in [3.8, 4) is 0 Å². The molecule has 33 heavy (non-hydrogen) atoms. The molecular weight excluding hydrogens is 470 g/mol. The van der Waals surface area contributed by atoms with Crippen molar-refractivity contribution in [2.75, 3.05) is 31.6 Å². The van der Waals surface area contributed by atoms with Gasteiger partial charge in [0.2, 0.25) is 10.0 Å². The largest absolute Gasteiger partial charge is 0.454 e. The second-order valence-corrected chi connectivity index (χ2v) is 9.31. The zero-order valence-corrected chi connectivity index (χ0v) is 20.1. The molecule has 11 heteroatoms. The van der Waals surface area contributed by atoms with Crippen LogP contribution in [0.3, 0.4) is 0 Å². The highest BCUT2D eigenvalue weighted by Gasteiger charge is 2.21. The van der Waals surface area contributed by atoms with Crippen LogP contribution in [0.15, 0.2) is 47.4 Å². The third kappa shape index (κ3) is 7.28. The van der Waals surface area contributed by atoms with E-state index in [0.29, 0.717) is 23.8 Å². The molecule has 2 N–H and O–H groups in total. The number of carbonyl (C=O) groups is 3. The van der Waals surface area contributed by atoms with E-state index in [0.717, 1.165) is 5.56 Å². The SMILES string of the molecule is CCN(CC)S(=O)(=O)c1ccc(C(=O)NCC(=O)OCC(=O)Nc2ccc(C)c(Cl)c2)cc1. The maximum absolute atomic E-state index is 12.5. The van der Waals surface area contributed by atoms with Crippen molar-refractivity contribution < 1.29 is 27.5 Å². The fourth-order valence-electron chi connectivity index (χ4n) is 2.81. The molecule has 0 unspecified atom stereocenters. The highest BCUT2D eigenvalue weighted by atomic mass is 35.5. The van der Waals surface area contributed by atoms with E-state index in [1.807, 2.05) is 6.92 Å². The molecule has 2 amide bonds. The summed E-state index contributed by atoms with van der Waals surface area (Å²) in [6, 6.07) is 10.4. The Bertz CT molecular complexity index is 1120. The van der Waals surface area contributed by atoms with Crippen LogP contribution in [0.2, 0.25) is 5.02 Å². The quantitative estimate of drug-likeness (QED) is 0.488. The first-order chi connectivity index (χ1) is 15.6. The molecule has 0 bridgehead atoms. The van der Waals surface area contributed by atoms with Crippen molar-refractivity contribution in [3.05, 3.63) is 58.6 Å². The number of amides is 2. The number of nitrogens with one attached hydrogen (secondary N) is 2. The Kier molecular flexibility index (Phi) is 9.39. The lowest BCUT2D eigenvalue weighted by Gasteiger charge is -2.18. The molecular formula is C22H26ClN3O6S. The van der Waals surface area contributed by atoms with Crippen LogP contribution in [-0.2, 0) is 24.3 Å². The number of ether oxygens (including phenoxy) is 1. The number of hydrogen-bond acceptors (Lipinski definition) is 6. The highest BCUT2D eigenvalue weighted by molar-refractivity contribution is 7.89. The van der Waals surface area contributed by atoms with Gasteiger partial charge in [-0.2, -0.15) is 4.31 Å². The van der Waals surface area contributed by atoms with Crippen molar-refractivity contribution in [1.29, 1.82) is 0 Å². The zero-order valence-electron chi connectivity index (χ0n) is 18.6. The average Bonchev–Trinajstić information content (AvgIpc) is 2.79. The zero-order chi connectivity index (χ0) is 24.6. The lowest BCUT2D eigenvalue weighted by atomic mass is 10.2. The van der Waals surface area contributed by atoms with Crippen molar-refractivity contribution in [2.45, 2.75) is 25.7 Å². The van der Waals surface area contributed by atoms with Gasteiger partial charge in [0.15, 0.2) is 6.61 Å². The minimum absolute atomic E-state index is 0.0723. The van der Waals surface area contributed by atoms with Gasteiger partial charge < -0.3 is 15.4 Å². The number of rotatable bonds is 10. The Labute approximate surface area is 198 Å². The van der Waals surface area contributed by atoms with Crippen molar-refractivity contribution >= 4 is 45.1 Å². The maximum Gasteiger partial charge on any atom is 0.325 e. The lowest BCUT2D eigenvalue weighted by Crippen LogP contribution is -2.32. The Morgan fingerprint density at radius 3 is 2.24 bits per heavy atom. The molecule has 178 valence electrons. The minimum Gasteiger partial charge on any atom is -0.454 e. The van der Waals surface area contributed by atoms with Gasteiger partial charge in [-0.1, -0.05) is 31.5 Å². The predicted molar refractivity (Wildman–Crippen MR) is 125 cm³/mol. The van der Waals surface area contributed by atoms with Gasteiger partial charge in [-0.3, -0.25) is 14.4 Å². The Morgan fingerprint density at radius 1 is 1.03 bits per heavy atom. The van der Waals surface area contributed by atoms with E-state index in [9.17, 15) is 22.8 Å². The molecule has 0 fully saturated rings. The second-order valence-electron chi connectivity index (χ2n) is 6.97. The van der Waals surface area contributed by atoms with Gasteiger partial charge in [-0.05, 0) is 48.9 Å². The van der Waals surface area contributed by atoms with Crippen molar-refractivity contribution in [1.82, 2.24) is 9.62 Å². The first-order valence-corrected chi connectivity index (χ1v) is 12.0. The van der Waals surface area contributed by atoms with Crippen LogP contribution in [0.5, 0.6) is 0 Å². The van der Waals surface area contributed by atoms with Crippen LogP contribution >= 0.6 is 11.6 Å². The minimum atomic E-state index is -3.63. The first-order valence-electron chi connectivity index (χ1n) is 10.2. The Balaban J connectivity index is 1.83. The van der Waals surface area contributed by atoms with E-state index in [4.69, 9.17) is 16.3 Å². The van der Waals surface area contributed by atoms with E-state index in [2.05, 4.69) is 10.6 Å². The summed E-state index contributed by atoms with van der Waals surface area (Å²) in [7, 11) is -3.63. The van der Waals surface area contributed by atoms with E-state index in [-0.39, 0.29) is 10.5 Å². The second kappa shape index (κ2) is 11.8. The number of nitrogens with zero attached hydrogens (tertiary/aromatic N) is 1. The van der Waals surface area contributed by atoms with Gasteiger partial charge in [0.05, 0.1) is 4.90 Å². The normalized spacial score (nSPS) is 11.2. The Morgan fingerprint density at radius 2 is 1.67 bits per heavy atom. The van der Waals surface area contributed by atoms with Crippen molar-refractivity contribution in [2.24, 2.45) is 0 Å². The summed E-state index contributed by atoms with van der Waals surface area (Å²) < 4.78 is 31.1. The number of esters is 1. The van der Waals surface area contributed by atoms with Crippen LogP contribution in [-0.4, -0.2) is 56.7 Å². The number of sulfonamides is 1. The maximum atomic E-state index is 12.5. The molecule has 0 saturated heterocycles. The van der Waals surface area contributed by atoms with Gasteiger partial charge in [-0.25, -0.2) is 8.42 Å². The number of hydrogen-bond donors (Lipinski definition) is 2. The molecule has 2 aromatic carbocycles. The standard InChI is InChI=1S/C22H26ClN3O6S/c1-4-26(5-2)33(30,31)18-10-7-16(8-11-18)22(29)24-13-21(28)32-14-20(27)25-17-9-6-15(3)19(23)12-17/h6-12H,4-5,13-14H2,1-3H3,(H,24,29)(H,25,27). The van der Waals surface area contributed by atoms with Gasteiger partial charge in [0.1, 0.15) is 6.54 Å². The molecule has 0 aliphatic heterocycles. The molecule has 0 saturated carbocycles. The third-order valence-corrected chi connectivity index (χ3v) is 7.14. The fourth-order valence-corrected chi connectivity index (χ4v) is 4.45. The first kappa shape index (κ1) is 26.3. The number of carbonyl (C=O) groups excluding carboxylic acids is 3. The summed E-state index contributed by atoms with van der Waals surface area (Å²) in [6.45, 7) is 4.99. The van der Waals surface area contributed by atoms with Gasteiger partial charge in [-0.15, -0.1) is 0 Å². The molecule has 0 radical (unpaired) electrons. The Hall–Kier alpha value is -2.95. The molecule has 0 aromatic heterocycles. The van der Waals surface area contributed by atoms with E-state index < -0.39 is 41.0 Å². The predicted octanol–water partition coefficient (Wildman–Crippen LogP) is 2.59. The fraction of sp³-hybridized carbons (Fsp3) is 0.318. The summed E-state index contributed by atoms with van der Waals surface area (Å²) >= 11 is 6.00. The molecule has 9 nitrogen and oxygen atoms in total. The third-order valence-electron chi connectivity index (χ3n) is 4.67. The molecule has 0 heterocycles. The molecule has 0 aliphatic carbocycles. The summed E-state index contributed by atoms with van der Waals surface area (Å²) in [4.78, 5) is 36.0. The molecule has 0 spiro atoms. The molecule has 2 rings (SSSR count). The van der Waals surface area contributed by atoms with Crippen molar-refractivity contribution in [3.63, 3.8) is 0 Å². The summed E-state index contributed by atoms with van der Waals surface area (Å²) in [5.74, 6) is -1.95. The topological polar surface area (TPSA) is 122 Å². The lowest BCUT2D eigenvalue weighted by molar-refractivity contribution is -0.146.